The normalized spacial score (nSPS) is 37.8. The Morgan fingerprint density at radius 1 is 0.833 bits per heavy atom. The van der Waals surface area contributed by atoms with Gasteiger partial charge in [0, 0.05) is 12.1 Å². The minimum absolute atomic E-state index is 0.867. The number of hydrogen-bond donors (Lipinski definition) is 1. The molecule has 0 saturated heterocycles. The second kappa shape index (κ2) is 3.78. The summed E-state index contributed by atoms with van der Waals surface area (Å²) in [6.07, 6.45) is 10.1. The van der Waals surface area contributed by atoms with E-state index in [2.05, 4.69) is 12.2 Å². The van der Waals surface area contributed by atoms with Crippen LogP contribution in [0.5, 0.6) is 0 Å². The Labute approximate surface area is 75.9 Å². The van der Waals surface area contributed by atoms with Crippen LogP contribution in [0.3, 0.4) is 0 Å². The fourth-order valence-corrected chi connectivity index (χ4v) is 2.33. The molecule has 0 heterocycles. The quantitative estimate of drug-likeness (QED) is 0.667. The molecule has 0 spiro atoms. The predicted molar refractivity (Wildman–Crippen MR) is 52.2 cm³/mol. The summed E-state index contributed by atoms with van der Waals surface area (Å²) >= 11 is 0. The largest absolute Gasteiger partial charge is 0.311 e. The molecule has 0 bridgehead atoms. The van der Waals surface area contributed by atoms with Crippen molar-refractivity contribution < 1.29 is 0 Å². The summed E-state index contributed by atoms with van der Waals surface area (Å²) in [5, 5.41) is 3.78. The number of rotatable bonds is 2. The van der Waals surface area contributed by atoms with Crippen LogP contribution in [0.2, 0.25) is 0 Å². The van der Waals surface area contributed by atoms with E-state index < -0.39 is 0 Å². The van der Waals surface area contributed by atoms with Gasteiger partial charge in [-0.2, -0.15) is 0 Å². The third-order valence-electron chi connectivity index (χ3n) is 3.59. The Morgan fingerprint density at radius 2 is 1.42 bits per heavy atom. The highest BCUT2D eigenvalue weighted by molar-refractivity contribution is 4.83. The summed E-state index contributed by atoms with van der Waals surface area (Å²) < 4.78 is 0. The lowest BCUT2D eigenvalue weighted by molar-refractivity contribution is 0.242. The first-order valence-corrected chi connectivity index (χ1v) is 5.60. The maximum absolute atomic E-state index is 3.78. The lowest BCUT2D eigenvalue weighted by Crippen LogP contribution is -2.43. The Bertz CT molecular complexity index is 132. The Kier molecular flexibility index (Phi) is 2.69. The van der Waals surface area contributed by atoms with Crippen LogP contribution in [-0.4, -0.2) is 12.1 Å². The van der Waals surface area contributed by atoms with Crippen LogP contribution in [-0.2, 0) is 0 Å². The fourth-order valence-electron chi connectivity index (χ4n) is 2.33. The summed E-state index contributed by atoms with van der Waals surface area (Å²) in [6.45, 7) is 2.39. The Hall–Kier alpha value is -0.0400. The lowest BCUT2D eigenvalue weighted by atomic mass is 9.85. The van der Waals surface area contributed by atoms with E-state index in [9.17, 15) is 0 Å². The van der Waals surface area contributed by atoms with Crippen LogP contribution in [0.4, 0.5) is 0 Å². The molecule has 2 aliphatic rings. The molecule has 2 saturated carbocycles. The summed E-state index contributed by atoms with van der Waals surface area (Å²) in [5.74, 6) is 0.990. The van der Waals surface area contributed by atoms with Crippen molar-refractivity contribution in [3.05, 3.63) is 0 Å². The zero-order valence-electron chi connectivity index (χ0n) is 8.18. The van der Waals surface area contributed by atoms with Gasteiger partial charge in [-0.15, -0.1) is 0 Å². The predicted octanol–water partition coefficient (Wildman–Crippen LogP) is 2.71. The second-order valence-electron chi connectivity index (χ2n) is 4.75. The maximum Gasteiger partial charge on any atom is 0.00698 e. The van der Waals surface area contributed by atoms with E-state index in [1.54, 1.807) is 0 Å². The van der Waals surface area contributed by atoms with Crippen molar-refractivity contribution in [2.75, 3.05) is 0 Å². The fraction of sp³-hybridized carbons (Fsp3) is 1.00. The maximum atomic E-state index is 3.78. The van der Waals surface area contributed by atoms with Crippen LogP contribution >= 0.6 is 0 Å². The van der Waals surface area contributed by atoms with Gasteiger partial charge in [0.1, 0.15) is 0 Å². The summed E-state index contributed by atoms with van der Waals surface area (Å²) in [4.78, 5) is 0. The number of nitrogens with one attached hydrogen (secondary N) is 1. The lowest BCUT2D eigenvalue weighted by Gasteiger charge is -2.34. The van der Waals surface area contributed by atoms with Crippen molar-refractivity contribution in [1.82, 2.24) is 5.32 Å². The van der Waals surface area contributed by atoms with Crippen LogP contribution in [0.1, 0.15) is 51.9 Å². The van der Waals surface area contributed by atoms with Gasteiger partial charge < -0.3 is 5.32 Å². The van der Waals surface area contributed by atoms with Crippen LogP contribution in [0, 0.1) is 5.92 Å². The van der Waals surface area contributed by atoms with E-state index in [1.165, 1.54) is 44.9 Å². The smallest absolute Gasteiger partial charge is 0.00698 e. The summed E-state index contributed by atoms with van der Waals surface area (Å²) in [6, 6.07) is 1.76. The molecule has 0 radical (unpaired) electrons. The minimum Gasteiger partial charge on any atom is -0.311 e. The van der Waals surface area contributed by atoms with E-state index in [0.29, 0.717) is 0 Å². The first-order valence-electron chi connectivity index (χ1n) is 5.60. The van der Waals surface area contributed by atoms with Gasteiger partial charge in [0.05, 0.1) is 0 Å². The van der Waals surface area contributed by atoms with Gasteiger partial charge in [-0.25, -0.2) is 0 Å². The molecule has 2 fully saturated rings. The molecule has 12 heavy (non-hydrogen) atoms. The van der Waals surface area contributed by atoms with Crippen molar-refractivity contribution in [2.24, 2.45) is 5.92 Å². The molecule has 0 aliphatic heterocycles. The first kappa shape index (κ1) is 8.55. The van der Waals surface area contributed by atoms with Gasteiger partial charge in [-0.3, -0.25) is 0 Å². The van der Waals surface area contributed by atoms with Crippen molar-refractivity contribution in [2.45, 2.75) is 64.0 Å². The highest BCUT2D eigenvalue weighted by Gasteiger charge is 2.23. The zero-order valence-corrected chi connectivity index (χ0v) is 8.18. The monoisotopic (exact) mass is 167 g/mol. The molecule has 0 unspecified atom stereocenters. The SMILES string of the molecule is CC1CCC(NC2CCC2)CC1. The topological polar surface area (TPSA) is 12.0 Å². The van der Waals surface area contributed by atoms with E-state index in [1.807, 2.05) is 0 Å². The molecule has 0 amide bonds. The van der Waals surface area contributed by atoms with Crippen LogP contribution < -0.4 is 5.32 Å². The zero-order chi connectivity index (χ0) is 8.39. The average molecular weight is 167 g/mol. The highest BCUT2D eigenvalue weighted by atomic mass is 15.0. The molecule has 1 heteroatoms. The molecule has 0 aromatic carbocycles. The second-order valence-corrected chi connectivity index (χ2v) is 4.75. The molecule has 0 atom stereocenters. The van der Waals surface area contributed by atoms with Gasteiger partial charge >= 0.3 is 0 Å². The molecule has 1 N–H and O–H groups in total. The molecule has 2 rings (SSSR count). The molecule has 0 aromatic rings. The van der Waals surface area contributed by atoms with Crippen molar-refractivity contribution in [1.29, 1.82) is 0 Å². The van der Waals surface area contributed by atoms with Gasteiger partial charge in [-0.05, 0) is 44.4 Å². The van der Waals surface area contributed by atoms with Crippen LogP contribution in [0.15, 0.2) is 0 Å². The van der Waals surface area contributed by atoms with Crippen molar-refractivity contribution in [3.8, 4) is 0 Å². The molecule has 0 aromatic heterocycles. The van der Waals surface area contributed by atoms with Gasteiger partial charge in [0.2, 0.25) is 0 Å². The van der Waals surface area contributed by atoms with E-state index in [0.717, 1.165) is 18.0 Å². The molecular formula is C11H21N. The standard InChI is InChI=1S/C11H21N/c1-9-5-7-11(8-6-9)12-10-3-2-4-10/h9-12H,2-8H2,1H3. The summed E-state index contributed by atoms with van der Waals surface area (Å²) in [5.41, 5.74) is 0. The molecule has 1 nitrogen and oxygen atoms in total. The van der Waals surface area contributed by atoms with Crippen molar-refractivity contribution in [3.63, 3.8) is 0 Å². The third-order valence-corrected chi connectivity index (χ3v) is 3.59. The van der Waals surface area contributed by atoms with Crippen LogP contribution in [0.25, 0.3) is 0 Å². The van der Waals surface area contributed by atoms with Crippen molar-refractivity contribution >= 4 is 0 Å². The summed E-state index contributed by atoms with van der Waals surface area (Å²) in [7, 11) is 0. The molecule has 70 valence electrons. The minimum atomic E-state index is 0.867. The van der Waals surface area contributed by atoms with Gasteiger partial charge in [0.15, 0.2) is 0 Å². The first-order chi connectivity index (χ1) is 5.84. The van der Waals surface area contributed by atoms with E-state index in [4.69, 9.17) is 0 Å². The van der Waals surface area contributed by atoms with E-state index in [-0.39, 0.29) is 0 Å². The Balaban J connectivity index is 1.67. The highest BCUT2D eigenvalue weighted by Crippen LogP contribution is 2.26. The third kappa shape index (κ3) is 2.01. The van der Waals surface area contributed by atoms with E-state index >= 15 is 0 Å². The molecular weight excluding hydrogens is 146 g/mol. The van der Waals surface area contributed by atoms with Gasteiger partial charge in [-0.1, -0.05) is 13.3 Å². The number of hydrogen-bond acceptors (Lipinski definition) is 1. The average Bonchev–Trinajstić information content (AvgIpc) is 2.00. The Morgan fingerprint density at radius 3 is 1.92 bits per heavy atom. The van der Waals surface area contributed by atoms with Gasteiger partial charge in [0.25, 0.3) is 0 Å². The molecule has 2 aliphatic carbocycles.